The Morgan fingerprint density at radius 3 is 2.82 bits per heavy atom. The topological polar surface area (TPSA) is 24.5 Å². The van der Waals surface area contributed by atoms with Crippen molar-refractivity contribution < 1.29 is 4.74 Å². The average Bonchev–Trinajstić information content (AvgIpc) is 2.37. The molecule has 2 rings (SSSR count). The van der Waals surface area contributed by atoms with E-state index in [1.165, 1.54) is 11.3 Å². The van der Waals surface area contributed by atoms with E-state index < -0.39 is 0 Å². The SMILES string of the molecule is CCNCc1cc(Br)ccc1N1CCOCC1. The number of morpholine rings is 1. The molecule has 0 unspecified atom stereocenters. The Bertz CT molecular complexity index is 364. The quantitative estimate of drug-likeness (QED) is 0.924. The van der Waals surface area contributed by atoms with Crippen LogP contribution in [0.4, 0.5) is 5.69 Å². The van der Waals surface area contributed by atoms with Gasteiger partial charge in [-0.05, 0) is 30.3 Å². The van der Waals surface area contributed by atoms with E-state index >= 15 is 0 Å². The zero-order valence-corrected chi connectivity index (χ0v) is 11.8. The van der Waals surface area contributed by atoms with Gasteiger partial charge < -0.3 is 15.0 Å². The first-order chi connectivity index (χ1) is 8.31. The second kappa shape index (κ2) is 6.38. The molecule has 1 N–H and O–H groups in total. The van der Waals surface area contributed by atoms with Crippen LogP contribution in [-0.2, 0) is 11.3 Å². The maximum absolute atomic E-state index is 5.40. The molecular weight excluding hydrogens is 280 g/mol. The normalized spacial score (nSPS) is 16.2. The van der Waals surface area contributed by atoms with Crippen molar-refractivity contribution in [3.63, 3.8) is 0 Å². The predicted molar refractivity (Wildman–Crippen MR) is 74.6 cm³/mol. The second-order valence-electron chi connectivity index (χ2n) is 4.15. The molecule has 0 amide bonds. The summed E-state index contributed by atoms with van der Waals surface area (Å²) in [6.45, 7) is 7.68. The highest BCUT2D eigenvalue weighted by Gasteiger charge is 2.14. The van der Waals surface area contributed by atoms with Gasteiger partial charge in [-0.1, -0.05) is 22.9 Å². The summed E-state index contributed by atoms with van der Waals surface area (Å²) < 4.78 is 6.54. The molecule has 1 aliphatic rings. The Hall–Kier alpha value is -0.580. The fourth-order valence-electron chi connectivity index (χ4n) is 2.07. The zero-order chi connectivity index (χ0) is 12.1. The summed E-state index contributed by atoms with van der Waals surface area (Å²) in [7, 11) is 0. The zero-order valence-electron chi connectivity index (χ0n) is 10.2. The Morgan fingerprint density at radius 1 is 1.35 bits per heavy atom. The van der Waals surface area contributed by atoms with Crippen molar-refractivity contribution in [3.05, 3.63) is 28.2 Å². The fourth-order valence-corrected chi connectivity index (χ4v) is 2.48. The Morgan fingerprint density at radius 2 is 2.12 bits per heavy atom. The van der Waals surface area contributed by atoms with E-state index in [1.807, 2.05) is 0 Å². The lowest BCUT2D eigenvalue weighted by molar-refractivity contribution is 0.122. The summed E-state index contributed by atoms with van der Waals surface area (Å²) in [5.41, 5.74) is 2.68. The number of nitrogens with zero attached hydrogens (tertiary/aromatic N) is 1. The van der Waals surface area contributed by atoms with Crippen molar-refractivity contribution in [2.45, 2.75) is 13.5 Å². The summed E-state index contributed by atoms with van der Waals surface area (Å²) in [6.07, 6.45) is 0. The minimum atomic E-state index is 0.830. The molecule has 0 saturated carbocycles. The number of benzene rings is 1. The first kappa shape index (κ1) is 12.9. The molecule has 0 aromatic heterocycles. The first-order valence-corrected chi connectivity index (χ1v) is 6.92. The van der Waals surface area contributed by atoms with Gasteiger partial charge in [0.2, 0.25) is 0 Å². The molecule has 0 aliphatic carbocycles. The second-order valence-corrected chi connectivity index (χ2v) is 5.07. The van der Waals surface area contributed by atoms with Crippen LogP contribution in [0.25, 0.3) is 0 Å². The van der Waals surface area contributed by atoms with Crippen molar-refractivity contribution in [1.82, 2.24) is 5.32 Å². The van der Waals surface area contributed by atoms with E-state index in [0.717, 1.165) is 43.9 Å². The highest BCUT2D eigenvalue weighted by atomic mass is 79.9. The number of nitrogens with one attached hydrogen (secondary N) is 1. The van der Waals surface area contributed by atoms with Gasteiger partial charge in [-0.15, -0.1) is 0 Å². The van der Waals surface area contributed by atoms with Crippen molar-refractivity contribution >= 4 is 21.6 Å². The van der Waals surface area contributed by atoms with Crippen molar-refractivity contribution in [2.24, 2.45) is 0 Å². The lowest BCUT2D eigenvalue weighted by atomic mass is 10.1. The van der Waals surface area contributed by atoms with E-state index in [0.29, 0.717) is 0 Å². The Kier molecular flexibility index (Phi) is 4.83. The van der Waals surface area contributed by atoms with Gasteiger partial charge in [-0.3, -0.25) is 0 Å². The lowest BCUT2D eigenvalue weighted by Crippen LogP contribution is -2.37. The van der Waals surface area contributed by atoms with Crippen LogP contribution in [0.2, 0.25) is 0 Å². The molecule has 94 valence electrons. The Labute approximate surface area is 111 Å². The minimum absolute atomic E-state index is 0.830. The van der Waals surface area contributed by atoms with Gasteiger partial charge in [0.15, 0.2) is 0 Å². The molecule has 1 aliphatic heterocycles. The molecule has 1 saturated heterocycles. The third-order valence-corrected chi connectivity index (χ3v) is 3.45. The van der Waals surface area contributed by atoms with Gasteiger partial charge in [-0.2, -0.15) is 0 Å². The van der Waals surface area contributed by atoms with E-state index in [2.05, 4.69) is 51.3 Å². The summed E-state index contributed by atoms with van der Waals surface area (Å²) >= 11 is 3.54. The molecule has 0 bridgehead atoms. The van der Waals surface area contributed by atoms with E-state index in [9.17, 15) is 0 Å². The maximum atomic E-state index is 5.40. The van der Waals surface area contributed by atoms with Crippen LogP contribution >= 0.6 is 15.9 Å². The number of hydrogen-bond acceptors (Lipinski definition) is 3. The molecule has 3 nitrogen and oxygen atoms in total. The van der Waals surface area contributed by atoms with Crippen molar-refractivity contribution in [2.75, 3.05) is 37.7 Å². The third kappa shape index (κ3) is 3.44. The van der Waals surface area contributed by atoms with Gasteiger partial charge >= 0.3 is 0 Å². The van der Waals surface area contributed by atoms with E-state index in [-0.39, 0.29) is 0 Å². The van der Waals surface area contributed by atoms with Gasteiger partial charge in [0, 0.05) is 29.8 Å². The number of hydrogen-bond donors (Lipinski definition) is 1. The lowest BCUT2D eigenvalue weighted by Gasteiger charge is -2.30. The van der Waals surface area contributed by atoms with Crippen LogP contribution < -0.4 is 10.2 Å². The summed E-state index contributed by atoms with van der Waals surface area (Å²) in [5, 5.41) is 3.39. The maximum Gasteiger partial charge on any atom is 0.0642 e. The van der Waals surface area contributed by atoms with Gasteiger partial charge in [-0.25, -0.2) is 0 Å². The molecule has 17 heavy (non-hydrogen) atoms. The minimum Gasteiger partial charge on any atom is -0.378 e. The number of anilines is 1. The monoisotopic (exact) mass is 298 g/mol. The number of rotatable bonds is 4. The molecule has 1 heterocycles. The first-order valence-electron chi connectivity index (χ1n) is 6.13. The molecule has 1 aromatic carbocycles. The fraction of sp³-hybridized carbons (Fsp3) is 0.538. The summed E-state index contributed by atoms with van der Waals surface area (Å²) in [5.74, 6) is 0. The van der Waals surface area contributed by atoms with Crippen LogP contribution in [0.1, 0.15) is 12.5 Å². The molecule has 0 atom stereocenters. The number of ether oxygens (including phenoxy) is 1. The molecule has 0 radical (unpaired) electrons. The molecule has 4 heteroatoms. The van der Waals surface area contributed by atoms with Crippen LogP contribution in [0.3, 0.4) is 0 Å². The van der Waals surface area contributed by atoms with Crippen molar-refractivity contribution in [1.29, 1.82) is 0 Å². The number of halogens is 1. The third-order valence-electron chi connectivity index (χ3n) is 2.96. The molecule has 1 aromatic rings. The van der Waals surface area contributed by atoms with Gasteiger partial charge in [0.1, 0.15) is 0 Å². The van der Waals surface area contributed by atoms with Crippen LogP contribution in [0, 0.1) is 0 Å². The average molecular weight is 299 g/mol. The largest absolute Gasteiger partial charge is 0.378 e. The Balaban J connectivity index is 2.18. The standard InChI is InChI=1S/C13H19BrN2O/c1-2-15-10-11-9-12(14)3-4-13(11)16-5-7-17-8-6-16/h3-4,9,15H,2,5-8,10H2,1H3. The van der Waals surface area contributed by atoms with E-state index in [4.69, 9.17) is 4.74 Å². The predicted octanol–water partition coefficient (Wildman–Crippen LogP) is 2.40. The van der Waals surface area contributed by atoms with Gasteiger partial charge in [0.05, 0.1) is 13.2 Å². The molecule has 0 spiro atoms. The van der Waals surface area contributed by atoms with E-state index in [1.54, 1.807) is 0 Å². The summed E-state index contributed by atoms with van der Waals surface area (Å²) in [6, 6.07) is 6.51. The van der Waals surface area contributed by atoms with Gasteiger partial charge in [0.25, 0.3) is 0 Å². The van der Waals surface area contributed by atoms with Crippen LogP contribution in [-0.4, -0.2) is 32.8 Å². The summed E-state index contributed by atoms with van der Waals surface area (Å²) in [4.78, 5) is 2.41. The van der Waals surface area contributed by atoms with Crippen LogP contribution in [0.15, 0.2) is 22.7 Å². The highest BCUT2D eigenvalue weighted by molar-refractivity contribution is 9.10. The van der Waals surface area contributed by atoms with Crippen molar-refractivity contribution in [3.8, 4) is 0 Å². The smallest absolute Gasteiger partial charge is 0.0642 e. The van der Waals surface area contributed by atoms with Crippen LogP contribution in [0.5, 0.6) is 0 Å². The molecule has 1 fully saturated rings. The highest BCUT2D eigenvalue weighted by Crippen LogP contribution is 2.25. The molecular formula is C13H19BrN2O.